The molecule has 20 heavy (non-hydrogen) atoms. The zero-order valence-electron chi connectivity index (χ0n) is 10.1. The molecule has 0 aliphatic rings. The van der Waals surface area contributed by atoms with Crippen LogP contribution in [0.3, 0.4) is 0 Å². The van der Waals surface area contributed by atoms with Crippen LogP contribution >= 0.6 is 43.5 Å². The van der Waals surface area contributed by atoms with Gasteiger partial charge < -0.3 is 11.1 Å². The van der Waals surface area contributed by atoms with Gasteiger partial charge in [-0.2, -0.15) is 0 Å². The second kappa shape index (κ2) is 6.56. The van der Waals surface area contributed by atoms with Crippen LogP contribution in [0.25, 0.3) is 0 Å². The van der Waals surface area contributed by atoms with E-state index >= 15 is 0 Å². The lowest BCUT2D eigenvalue weighted by Gasteiger charge is -2.17. The van der Waals surface area contributed by atoms with Gasteiger partial charge in [0.2, 0.25) is 5.91 Å². The molecule has 0 saturated carbocycles. The van der Waals surface area contributed by atoms with E-state index in [1.54, 1.807) is 36.5 Å². The van der Waals surface area contributed by atoms with Crippen molar-refractivity contribution in [3.05, 3.63) is 56.2 Å². The Morgan fingerprint density at radius 3 is 2.70 bits per heavy atom. The van der Waals surface area contributed by atoms with E-state index in [0.29, 0.717) is 20.9 Å². The fraction of sp³-hybridized carbons (Fsp3) is 0.0769. The second-order valence-electron chi connectivity index (χ2n) is 4.01. The van der Waals surface area contributed by atoms with Crippen LogP contribution in [-0.2, 0) is 4.79 Å². The van der Waals surface area contributed by atoms with E-state index in [-0.39, 0.29) is 0 Å². The van der Waals surface area contributed by atoms with Gasteiger partial charge in [0.25, 0.3) is 0 Å². The first kappa shape index (κ1) is 15.3. The minimum atomic E-state index is -0.754. The summed E-state index contributed by atoms with van der Waals surface area (Å²) in [5, 5.41) is 3.60. The highest BCUT2D eigenvalue weighted by atomic mass is 79.9. The highest BCUT2D eigenvalue weighted by molar-refractivity contribution is 9.11. The molecule has 0 radical (unpaired) electrons. The van der Waals surface area contributed by atoms with E-state index in [2.05, 4.69) is 42.2 Å². The maximum Gasteiger partial charge on any atom is 0.246 e. The molecule has 0 bridgehead atoms. The van der Waals surface area contributed by atoms with Gasteiger partial charge in [0.15, 0.2) is 0 Å². The summed E-state index contributed by atoms with van der Waals surface area (Å²) in [6.07, 6.45) is 1.61. The number of nitrogens with two attached hydrogens (primary N) is 1. The maximum absolute atomic E-state index is 11.7. The van der Waals surface area contributed by atoms with Gasteiger partial charge in [-0.05, 0) is 56.1 Å². The molecule has 7 heteroatoms. The first-order chi connectivity index (χ1) is 9.47. The third-order valence-corrected chi connectivity index (χ3v) is 3.83. The third-order valence-electron chi connectivity index (χ3n) is 2.53. The Labute approximate surface area is 138 Å². The number of hydrogen-bond acceptors (Lipinski definition) is 3. The third kappa shape index (κ3) is 3.71. The number of carbonyl (C=O) groups is 1. The number of primary amides is 1. The summed E-state index contributed by atoms with van der Waals surface area (Å²) in [6.45, 7) is 0. The molecule has 1 atom stereocenters. The van der Waals surface area contributed by atoms with Crippen LogP contribution in [0.15, 0.2) is 45.5 Å². The van der Waals surface area contributed by atoms with Gasteiger partial charge in [-0.3, -0.25) is 9.78 Å². The van der Waals surface area contributed by atoms with Gasteiger partial charge in [-0.1, -0.05) is 17.7 Å². The van der Waals surface area contributed by atoms with Crippen molar-refractivity contribution in [2.75, 3.05) is 5.32 Å². The standard InChI is InChI=1S/C13H10Br2ClN3O/c14-7-4-10(15)11(18-6-7)12(13(17)20)19-9-3-1-2-8(16)5-9/h1-6,12,19H,(H2,17,20). The number of aromatic nitrogens is 1. The molecule has 0 saturated heterocycles. The molecule has 0 spiro atoms. The van der Waals surface area contributed by atoms with Crippen LogP contribution in [0.1, 0.15) is 11.7 Å². The Morgan fingerprint density at radius 2 is 2.10 bits per heavy atom. The smallest absolute Gasteiger partial charge is 0.246 e. The molecule has 0 fully saturated rings. The highest BCUT2D eigenvalue weighted by Gasteiger charge is 2.22. The van der Waals surface area contributed by atoms with Crippen molar-refractivity contribution in [2.45, 2.75) is 6.04 Å². The molecule has 0 aliphatic heterocycles. The molecule has 2 aromatic rings. The predicted octanol–water partition coefficient (Wildman–Crippen LogP) is 3.90. The van der Waals surface area contributed by atoms with Gasteiger partial charge >= 0.3 is 0 Å². The Balaban J connectivity index is 2.34. The highest BCUT2D eigenvalue weighted by Crippen LogP contribution is 2.27. The maximum atomic E-state index is 11.7. The Morgan fingerprint density at radius 1 is 1.35 bits per heavy atom. The van der Waals surface area contributed by atoms with E-state index in [1.807, 2.05) is 0 Å². The van der Waals surface area contributed by atoms with Crippen molar-refractivity contribution >= 4 is 55.1 Å². The number of nitrogens with one attached hydrogen (secondary N) is 1. The summed E-state index contributed by atoms with van der Waals surface area (Å²) < 4.78 is 1.49. The largest absolute Gasteiger partial charge is 0.369 e. The lowest BCUT2D eigenvalue weighted by molar-refractivity contribution is -0.118. The fourth-order valence-electron chi connectivity index (χ4n) is 1.66. The van der Waals surface area contributed by atoms with Gasteiger partial charge in [-0.15, -0.1) is 0 Å². The first-order valence-corrected chi connectivity index (χ1v) is 7.56. The Kier molecular flexibility index (Phi) is 5.01. The topological polar surface area (TPSA) is 68.0 Å². The molecule has 0 aliphatic carbocycles. The fourth-order valence-corrected chi connectivity index (χ4v) is 3.06. The van der Waals surface area contributed by atoms with Crippen LogP contribution in [0.4, 0.5) is 5.69 Å². The van der Waals surface area contributed by atoms with E-state index in [4.69, 9.17) is 17.3 Å². The Bertz CT molecular complexity index is 651. The van der Waals surface area contributed by atoms with Crippen LogP contribution in [0.2, 0.25) is 5.02 Å². The number of rotatable bonds is 4. The molecular formula is C13H10Br2ClN3O. The van der Waals surface area contributed by atoms with Crippen LogP contribution in [0.5, 0.6) is 0 Å². The van der Waals surface area contributed by atoms with Crippen molar-refractivity contribution in [3.8, 4) is 0 Å². The average Bonchev–Trinajstić information content (AvgIpc) is 2.36. The second-order valence-corrected chi connectivity index (χ2v) is 6.22. The number of anilines is 1. The lowest BCUT2D eigenvalue weighted by Crippen LogP contribution is -2.28. The van der Waals surface area contributed by atoms with Crippen LogP contribution in [0, 0.1) is 0 Å². The van der Waals surface area contributed by atoms with Crippen molar-refractivity contribution < 1.29 is 4.79 Å². The zero-order chi connectivity index (χ0) is 14.7. The summed E-state index contributed by atoms with van der Waals surface area (Å²) in [6, 6.07) is 8.10. The van der Waals surface area contributed by atoms with E-state index < -0.39 is 11.9 Å². The molecule has 104 valence electrons. The van der Waals surface area contributed by atoms with Crippen molar-refractivity contribution in [3.63, 3.8) is 0 Å². The summed E-state index contributed by atoms with van der Waals surface area (Å²) in [5.74, 6) is -0.527. The minimum absolute atomic E-state index is 0.515. The van der Waals surface area contributed by atoms with E-state index in [9.17, 15) is 4.79 Å². The van der Waals surface area contributed by atoms with Gasteiger partial charge in [0.05, 0.1) is 5.69 Å². The molecule has 1 aromatic heterocycles. The van der Waals surface area contributed by atoms with Crippen LogP contribution in [-0.4, -0.2) is 10.9 Å². The molecule has 1 aromatic carbocycles. The molecule has 1 unspecified atom stereocenters. The number of amides is 1. The Hall–Kier alpha value is -1.11. The van der Waals surface area contributed by atoms with Gasteiger partial charge in [0, 0.05) is 25.9 Å². The van der Waals surface area contributed by atoms with Crippen molar-refractivity contribution in [1.29, 1.82) is 0 Å². The molecule has 1 amide bonds. The molecular weight excluding hydrogens is 409 g/mol. The first-order valence-electron chi connectivity index (χ1n) is 5.59. The SMILES string of the molecule is NC(=O)C(Nc1cccc(Cl)c1)c1ncc(Br)cc1Br. The molecule has 1 heterocycles. The summed E-state index contributed by atoms with van der Waals surface area (Å²) >= 11 is 12.6. The number of pyridine rings is 1. The summed E-state index contributed by atoms with van der Waals surface area (Å²) in [7, 11) is 0. The van der Waals surface area contributed by atoms with Crippen LogP contribution < -0.4 is 11.1 Å². The molecule has 4 nitrogen and oxygen atoms in total. The average molecular weight is 420 g/mol. The normalized spacial score (nSPS) is 11.9. The van der Waals surface area contributed by atoms with Crippen molar-refractivity contribution in [1.82, 2.24) is 4.98 Å². The quantitative estimate of drug-likeness (QED) is 0.790. The zero-order valence-corrected chi connectivity index (χ0v) is 14.0. The lowest BCUT2D eigenvalue weighted by atomic mass is 10.1. The number of nitrogens with zero attached hydrogens (tertiary/aromatic N) is 1. The van der Waals surface area contributed by atoms with E-state index in [0.717, 1.165) is 4.47 Å². The summed E-state index contributed by atoms with van der Waals surface area (Å²) in [4.78, 5) is 15.9. The predicted molar refractivity (Wildman–Crippen MR) is 86.6 cm³/mol. The monoisotopic (exact) mass is 417 g/mol. The van der Waals surface area contributed by atoms with Crippen molar-refractivity contribution in [2.24, 2.45) is 5.73 Å². The number of benzene rings is 1. The summed E-state index contributed by atoms with van der Waals surface area (Å²) in [5.41, 5.74) is 6.66. The van der Waals surface area contributed by atoms with Gasteiger partial charge in [-0.25, -0.2) is 0 Å². The molecule has 2 rings (SSSR count). The van der Waals surface area contributed by atoms with Gasteiger partial charge in [0.1, 0.15) is 6.04 Å². The minimum Gasteiger partial charge on any atom is -0.369 e. The molecule has 3 N–H and O–H groups in total. The number of halogens is 3. The number of carbonyl (C=O) groups excluding carboxylic acids is 1. The number of hydrogen-bond donors (Lipinski definition) is 2. The van der Waals surface area contributed by atoms with E-state index in [1.165, 1.54) is 0 Å².